The molecule has 1 amide bonds. The number of rotatable bonds is 4. The van der Waals surface area contributed by atoms with E-state index in [0.29, 0.717) is 5.56 Å². The van der Waals surface area contributed by atoms with E-state index in [2.05, 4.69) is 15.5 Å². The Bertz CT molecular complexity index is 984. The number of nitrogens with one attached hydrogen (secondary N) is 1. The van der Waals surface area contributed by atoms with Gasteiger partial charge in [0.15, 0.2) is 0 Å². The average Bonchev–Trinajstić information content (AvgIpc) is 2.63. The highest BCUT2D eigenvalue weighted by Crippen LogP contribution is 2.25. The number of aromatic nitrogens is 1. The van der Waals surface area contributed by atoms with Crippen molar-refractivity contribution in [2.24, 2.45) is 5.10 Å². The number of nitrogens with zero attached hydrogens (tertiary/aromatic N) is 3. The number of carbonyl (C=O) groups excluding carboxylic acids is 1. The Kier molecular flexibility index (Phi) is 4.34. The van der Waals surface area contributed by atoms with Crippen molar-refractivity contribution in [1.29, 1.82) is 0 Å². The summed E-state index contributed by atoms with van der Waals surface area (Å²) in [6.07, 6.45) is 2.33. The molecule has 0 fully saturated rings. The zero-order valence-electron chi connectivity index (χ0n) is 12.8. The third-order valence-corrected chi connectivity index (χ3v) is 3.50. The lowest BCUT2D eigenvalue weighted by Gasteiger charge is -2.04. The summed E-state index contributed by atoms with van der Waals surface area (Å²) >= 11 is 0. The number of nitro groups is 1. The van der Waals surface area contributed by atoms with E-state index in [9.17, 15) is 20.0 Å². The van der Waals surface area contributed by atoms with E-state index >= 15 is 0 Å². The number of pyridine rings is 1. The molecule has 0 saturated heterocycles. The molecule has 124 valence electrons. The third-order valence-electron chi connectivity index (χ3n) is 3.50. The van der Waals surface area contributed by atoms with Gasteiger partial charge < -0.3 is 5.11 Å². The van der Waals surface area contributed by atoms with Crippen molar-refractivity contribution in [3.8, 4) is 5.75 Å². The van der Waals surface area contributed by atoms with E-state index in [-0.39, 0.29) is 17.1 Å². The lowest BCUT2D eigenvalue weighted by atomic mass is 10.0. The number of hydrogen-bond acceptors (Lipinski definition) is 6. The Balaban J connectivity index is 1.78. The highest BCUT2D eigenvalue weighted by molar-refractivity contribution is 6.03. The van der Waals surface area contributed by atoms with Crippen molar-refractivity contribution in [3.63, 3.8) is 0 Å². The Hall–Kier alpha value is -3.81. The lowest BCUT2D eigenvalue weighted by molar-refractivity contribution is -0.385. The topological polar surface area (TPSA) is 118 Å². The lowest BCUT2D eigenvalue weighted by Crippen LogP contribution is -2.18. The molecule has 0 spiro atoms. The minimum Gasteiger partial charge on any atom is -0.507 e. The number of hydrazone groups is 1. The first-order valence-electron chi connectivity index (χ1n) is 7.21. The summed E-state index contributed by atoms with van der Waals surface area (Å²) in [5, 5.41) is 26.1. The van der Waals surface area contributed by atoms with Crippen molar-refractivity contribution in [2.75, 3.05) is 0 Å². The Labute approximate surface area is 141 Å². The van der Waals surface area contributed by atoms with Crippen LogP contribution in [0.25, 0.3) is 10.8 Å². The maximum atomic E-state index is 11.9. The van der Waals surface area contributed by atoms with Gasteiger partial charge in [-0.05, 0) is 22.9 Å². The summed E-state index contributed by atoms with van der Waals surface area (Å²) in [6.45, 7) is 0. The molecule has 0 saturated carbocycles. The van der Waals surface area contributed by atoms with Gasteiger partial charge in [-0.1, -0.05) is 30.3 Å². The maximum Gasteiger partial charge on any atom is 0.289 e. The van der Waals surface area contributed by atoms with Crippen LogP contribution in [0.3, 0.4) is 0 Å². The van der Waals surface area contributed by atoms with Gasteiger partial charge in [-0.25, -0.2) is 10.4 Å². The first-order chi connectivity index (χ1) is 12.1. The van der Waals surface area contributed by atoms with Gasteiger partial charge in [0.2, 0.25) is 0 Å². The minimum absolute atomic E-state index is 0.00936. The van der Waals surface area contributed by atoms with Crippen molar-refractivity contribution in [1.82, 2.24) is 10.4 Å². The van der Waals surface area contributed by atoms with Crippen LogP contribution in [0.15, 0.2) is 59.8 Å². The normalized spacial score (nSPS) is 10.9. The summed E-state index contributed by atoms with van der Waals surface area (Å²) < 4.78 is 0. The molecule has 0 aliphatic heterocycles. The molecular weight excluding hydrogens is 324 g/mol. The molecule has 2 N–H and O–H groups in total. The van der Waals surface area contributed by atoms with Crippen LogP contribution in [0.1, 0.15) is 16.1 Å². The van der Waals surface area contributed by atoms with E-state index in [1.807, 2.05) is 24.3 Å². The number of aromatic hydroxyl groups is 1. The van der Waals surface area contributed by atoms with Crippen LogP contribution in [0.5, 0.6) is 5.75 Å². The fourth-order valence-corrected chi connectivity index (χ4v) is 2.26. The van der Waals surface area contributed by atoms with Gasteiger partial charge in [-0.2, -0.15) is 5.10 Å². The van der Waals surface area contributed by atoms with Crippen molar-refractivity contribution in [3.05, 3.63) is 76.1 Å². The van der Waals surface area contributed by atoms with Crippen LogP contribution in [0.4, 0.5) is 5.69 Å². The fraction of sp³-hybridized carbons (Fsp3) is 0. The quantitative estimate of drug-likeness (QED) is 0.431. The highest BCUT2D eigenvalue weighted by atomic mass is 16.6. The van der Waals surface area contributed by atoms with Crippen molar-refractivity contribution < 1.29 is 14.8 Å². The predicted molar refractivity (Wildman–Crippen MR) is 91.6 cm³/mol. The van der Waals surface area contributed by atoms with Crippen molar-refractivity contribution in [2.45, 2.75) is 0 Å². The first kappa shape index (κ1) is 16.1. The Morgan fingerprint density at radius 3 is 2.72 bits per heavy atom. The van der Waals surface area contributed by atoms with Crippen LogP contribution in [0.2, 0.25) is 0 Å². The summed E-state index contributed by atoms with van der Waals surface area (Å²) in [4.78, 5) is 25.6. The molecule has 3 aromatic rings. The monoisotopic (exact) mass is 336 g/mol. The van der Waals surface area contributed by atoms with Crippen LogP contribution >= 0.6 is 0 Å². The summed E-state index contributed by atoms with van der Waals surface area (Å²) in [7, 11) is 0. The molecule has 3 rings (SSSR count). The second-order valence-corrected chi connectivity index (χ2v) is 5.08. The maximum absolute atomic E-state index is 11.9. The van der Waals surface area contributed by atoms with Gasteiger partial charge in [0.1, 0.15) is 17.6 Å². The molecule has 1 heterocycles. The predicted octanol–water partition coefficient (Wildman–Crippen LogP) is 2.61. The second kappa shape index (κ2) is 6.75. The molecule has 1 aromatic heterocycles. The summed E-state index contributed by atoms with van der Waals surface area (Å²) in [6, 6.07) is 13.2. The SMILES string of the molecule is O=C(NN=Cc1c(O)ccc2ccccc12)c1ccc([N+](=O)[O-])cn1. The highest BCUT2D eigenvalue weighted by Gasteiger charge is 2.10. The first-order valence-corrected chi connectivity index (χ1v) is 7.21. The minimum atomic E-state index is -0.620. The molecule has 8 heteroatoms. The Morgan fingerprint density at radius 2 is 2.00 bits per heavy atom. The van der Waals surface area contributed by atoms with Gasteiger partial charge in [-0.3, -0.25) is 14.9 Å². The number of amides is 1. The molecule has 0 atom stereocenters. The van der Waals surface area contributed by atoms with Gasteiger partial charge in [0.05, 0.1) is 11.1 Å². The van der Waals surface area contributed by atoms with Crippen LogP contribution < -0.4 is 5.43 Å². The zero-order chi connectivity index (χ0) is 17.8. The summed E-state index contributed by atoms with van der Waals surface area (Å²) in [5.41, 5.74) is 2.53. The number of benzene rings is 2. The summed E-state index contributed by atoms with van der Waals surface area (Å²) in [5.74, 6) is -0.587. The van der Waals surface area contributed by atoms with Crippen LogP contribution in [-0.2, 0) is 0 Å². The third kappa shape index (κ3) is 3.42. The van der Waals surface area contributed by atoms with Gasteiger partial charge in [0, 0.05) is 11.6 Å². The number of carbonyl (C=O) groups is 1. The number of fused-ring (bicyclic) bond motifs is 1. The molecule has 0 bridgehead atoms. The fourth-order valence-electron chi connectivity index (χ4n) is 2.26. The zero-order valence-corrected chi connectivity index (χ0v) is 12.8. The van der Waals surface area contributed by atoms with E-state index < -0.39 is 10.8 Å². The standard InChI is InChI=1S/C17H12N4O4/c22-16-8-5-11-3-1-2-4-13(11)14(16)10-19-20-17(23)15-7-6-12(9-18-15)21(24)25/h1-10,22H,(H,20,23). The second-order valence-electron chi connectivity index (χ2n) is 5.08. The van der Waals surface area contributed by atoms with E-state index in [1.54, 1.807) is 12.1 Å². The van der Waals surface area contributed by atoms with Crippen LogP contribution in [0, 0.1) is 10.1 Å². The number of phenolic OH excluding ortho intramolecular Hbond substituents is 1. The van der Waals surface area contributed by atoms with Gasteiger partial charge >= 0.3 is 0 Å². The van der Waals surface area contributed by atoms with E-state index in [1.165, 1.54) is 18.3 Å². The van der Waals surface area contributed by atoms with Crippen LogP contribution in [-0.4, -0.2) is 27.1 Å². The molecule has 0 unspecified atom stereocenters. The molecule has 0 aliphatic carbocycles. The van der Waals surface area contributed by atoms with E-state index in [0.717, 1.165) is 17.0 Å². The molecule has 2 aromatic carbocycles. The Morgan fingerprint density at radius 1 is 1.20 bits per heavy atom. The van der Waals surface area contributed by atoms with E-state index in [4.69, 9.17) is 0 Å². The molecule has 25 heavy (non-hydrogen) atoms. The average molecular weight is 336 g/mol. The van der Waals surface area contributed by atoms with Crippen molar-refractivity contribution >= 4 is 28.6 Å². The molecule has 8 nitrogen and oxygen atoms in total. The molecule has 0 aliphatic rings. The van der Waals surface area contributed by atoms with Gasteiger partial charge in [-0.15, -0.1) is 0 Å². The smallest absolute Gasteiger partial charge is 0.289 e. The van der Waals surface area contributed by atoms with Gasteiger partial charge in [0.25, 0.3) is 11.6 Å². The molecular formula is C17H12N4O4. The number of phenols is 1. The number of hydrogen-bond donors (Lipinski definition) is 2. The largest absolute Gasteiger partial charge is 0.507 e. The molecule has 0 radical (unpaired) electrons.